The number of benzene rings is 5. The number of carbonyl (C=O) groups excluding carboxylic acids is 2. The number of hydrogen-bond donors (Lipinski definition) is 0. The monoisotopic (exact) mass is 1130 g/mol. The lowest BCUT2D eigenvalue weighted by molar-refractivity contribution is -0.401. The fourth-order valence-electron chi connectivity index (χ4n) is 10.9. The summed E-state index contributed by atoms with van der Waals surface area (Å²) in [5.74, 6) is -0.569. The molecule has 6 saturated heterocycles. The average Bonchev–Trinajstić information content (AvgIpc) is 3.74. The van der Waals surface area contributed by atoms with Crippen LogP contribution in [0.3, 0.4) is 0 Å². The number of fused-ring (bicyclic) bond motifs is 3. The van der Waals surface area contributed by atoms with Gasteiger partial charge in [0.1, 0.15) is 48.8 Å². The summed E-state index contributed by atoms with van der Waals surface area (Å²) >= 11 is 0. The molecule has 0 N–H and O–H groups in total. The van der Waals surface area contributed by atoms with Crippen LogP contribution >= 0.6 is 0 Å². The molecule has 0 amide bonds. The Labute approximate surface area is 475 Å². The van der Waals surface area contributed by atoms with E-state index in [1.807, 2.05) is 121 Å². The summed E-state index contributed by atoms with van der Waals surface area (Å²) in [5, 5.41) is 11.2. The zero-order chi connectivity index (χ0) is 56.7. The molecule has 0 aliphatic carbocycles. The molecule has 0 saturated carbocycles. The number of ether oxygens (including phenoxy) is 15. The SMILES string of the molecule is CC1O[C@@H](O[C@@H]2C(OC(=O)C(C)(C)C)[C@H](OCCCCc3ccc([N+](=O)[O-])cc3)OC3COC(c4ccccc4)O[C@@H]32)[C@H]2OC(=O)OC2[C@H]1OC1OC2COC(c3ccccc3)O[C@@H]2[C@H](OCc2ccccc2)C1OCc1ccccc1. The highest BCUT2D eigenvalue weighted by Gasteiger charge is 2.61. The summed E-state index contributed by atoms with van der Waals surface area (Å²) in [4.78, 5) is 38.4. The standard InChI is InChI=1S/C62H69NO19/c1-37-46(76-58-52(70-34-40-22-11-6-12-23-40)49(69-33-39-20-9-5-10-21-39)47-44(75-58)35-71-55(77-47)41-24-13-7-14-25-41)50-54(82-61(65)81-50)59(73-37)79-51-48-45(36-72-56(78-48)42-26-15-8-16-27-42)74-57(53(51)80-60(64)62(2,3)4)68-32-18-17-19-38-28-30-43(31-29-38)63(66)67/h5-16,20-31,37,44-59H,17-19,32-36H2,1-4H3/t37?,44?,45?,46-,47-,48-,49-,50?,51-,52?,53?,54-,55?,56?,57+,58?,59-/m0/s1. The van der Waals surface area contributed by atoms with Gasteiger partial charge in [-0.05, 0) is 63.6 Å². The first-order valence-corrected chi connectivity index (χ1v) is 28.0. The maximum absolute atomic E-state index is 14.0. The van der Waals surface area contributed by atoms with Gasteiger partial charge in [-0.25, -0.2) is 4.79 Å². The van der Waals surface area contributed by atoms with Gasteiger partial charge in [0.2, 0.25) is 0 Å². The van der Waals surface area contributed by atoms with E-state index in [9.17, 15) is 19.7 Å². The fraction of sp³-hybridized carbons (Fsp3) is 0.484. The second kappa shape index (κ2) is 26.1. The van der Waals surface area contributed by atoms with Gasteiger partial charge in [-0.1, -0.05) is 133 Å². The number of nitrogens with zero attached hydrogens (tertiary/aromatic N) is 1. The Kier molecular flexibility index (Phi) is 18.3. The molecule has 6 aliphatic rings. The van der Waals surface area contributed by atoms with Gasteiger partial charge in [-0.15, -0.1) is 0 Å². The molecule has 17 atom stereocenters. The lowest BCUT2D eigenvalue weighted by Crippen LogP contribution is -2.67. The van der Waals surface area contributed by atoms with Crippen molar-refractivity contribution in [3.05, 3.63) is 184 Å². The van der Waals surface area contributed by atoms with Gasteiger partial charge < -0.3 is 71.1 Å². The molecular formula is C62H69NO19. The fourth-order valence-corrected chi connectivity index (χ4v) is 10.9. The first-order valence-electron chi connectivity index (χ1n) is 28.0. The summed E-state index contributed by atoms with van der Waals surface area (Å²) in [6.45, 7) is 7.67. The van der Waals surface area contributed by atoms with Crippen molar-refractivity contribution in [2.45, 2.75) is 165 Å². The molecule has 0 bridgehead atoms. The topological polar surface area (TPSA) is 216 Å². The van der Waals surface area contributed by atoms with Crippen LogP contribution in [0.5, 0.6) is 0 Å². The Hall–Kier alpha value is -6.24. The van der Waals surface area contributed by atoms with Crippen molar-refractivity contribution in [1.82, 2.24) is 0 Å². The molecule has 20 heteroatoms. The molecule has 436 valence electrons. The van der Waals surface area contributed by atoms with Crippen LogP contribution in [0.2, 0.25) is 0 Å². The highest BCUT2D eigenvalue weighted by Crippen LogP contribution is 2.43. The number of hydrogen-bond acceptors (Lipinski definition) is 19. The largest absolute Gasteiger partial charge is 0.509 e. The first kappa shape index (κ1) is 57.6. The molecule has 9 unspecified atom stereocenters. The zero-order valence-electron chi connectivity index (χ0n) is 46.0. The van der Waals surface area contributed by atoms with Crippen molar-refractivity contribution in [3.63, 3.8) is 0 Å². The maximum atomic E-state index is 14.0. The Bertz CT molecular complexity index is 2860. The number of aryl methyl sites for hydroxylation is 1. The molecule has 0 radical (unpaired) electrons. The lowest BCUT2D eigenvalue weighted by atomic mass is 9.94. The van der Waals surface area contributed by atoms with Crippen LogP contribution in [0.15, 0.2) is 146 Å². The average molecular weight is 1130 g/mol. The number of esters is 1. The van der Waals surface area contributed by atoms with Crippen molar-refractivity contribution in [3.8, 4) is 0 Å². The van der Waals surface area contributed by atoms with E-state index in [1.54, 1.807) is 39.8 Å². The summed E-state index contributed by atoms with van der Waals surface area (Å²) in [7, 11) is 0. The summed E-state index contributed by atoms with van der Waals surface area (Å²) in [6.07, 6.45) is -16.0. The van der Waals surface area contributed by atoms with Crippen molar-refractivity contribution in [2.75, 3.05) is 19.8 Å². The maximum Gasteiger partial charge on any atom is 0.509 e. The third kappa shape index (κ3) is 13.5. The van der Waals surface area contributed by atoms with E-state index in [4.69, 9.17) is 71.1 Å². The Balaban J connectivity index is 0.865. The quantitative estimate of drug-likeness (QED) is 0.0307. The van der Waals surface area contributed by atoms with Crippen LogP contribution < -0.4 is 0 Å². The number of carbonyl (C=O) groups is 2. The van der Waals surface area contributed by atoms with Crippen LogP contribution in [0, 0.1) is 15.5 Å². The van der Waals surface area contributed by atoms with E-state index in [-0.39, 0.29) is 38.7 Å². The smallest absolute Gasteiger partial charge is 0.454 e. The van der Waals surface area contributed by atoms with Crippen molar-refractivity contribution in [1.29, 1.82) is 0 Å². The minimum Gasteiger partial charge on any atom is -0.454 e. The Morgan fingerprint density at radius 3 is 1.65 bits per heavy atom. The molecule has 6 aliphatic heterocycles. The first-order chi connectivity index (χ1) is 39.8. The van der Waals surface area contributed by atoms with E-state index >= 15 is 0 Å². The third-order valence-electron chi connectivity index (χ3n) is 15.2. The van der Waals surface area contributed by atoms with Crippen molar-refractivity contribution in [2.24, 2.45) is 5.41 Å². The number of nitro benzene ring substituents is 1. The highest BCUT2D eigenvalue weighted by molar-refractivity contribution is 5.75. The lowest BCUT2D eigenvalue weighted by Gasteiger charge is -2.51. The molecule has 82 heavy (non-hydrogen) atoms. The minimum absolute atomic E-state index is 0.0155. The highest BCUT2D eigenvalue weighted by atomic mass is 16.8. The number of non-ortho nitro benzene ring substituents is 1. The van der Waals surface area contributed by atoms with Gasteiger partial charge in [0.15, 0.2) is 49.8 Å². The molecule has 20 nitrogen and oxygen atoms in total. The van der Waals surface area contributed by atoms with Gasteiger partial charge in [-0.2, -0.15) is 0 Å². The zero-order valence-corrected chi connectivity index (χ0v) is 46.0. The Morgan fingerprint density at radius 1 is 0.549 bits per heavy atom. The summed E-state index contributed by atoms with van der Waals surface area (Å²) in [6, 6.07) is 44.9. The molecule has 0 aromatic heterocycles. The number of rotatable bonds is 20. The van der Waals surface area contributed by atoms with Gasteiger partial charge in [-0.3, -0.25) is 14.9 Å². The van der Waals surface area contributed by atoms with Crippen LogP contribution in [-0.2, 0) is 95.5 Å². The normalized spacial score (nSPS) is 32.5. The Morgan fingerprint density at radius 2 is 1.07 bits per heavy atom. The van der Waals surface area contributed by atoms with E-state index in [0.29, 0.717) is 19.3 Å². The molecule has 0 spiro atoms. The summed E-state index contributed by atoms with van der Waals surface area (Å²) < 4.78 is 98.8. The van der Waals surface area contributed by atoms with Gasteiger partial charge in [0.25, 0.3) is 5.69 Å². The molecular weight excluding hydrogens is 1060 g/mol. The molecule has 6 fully saturated rings. The van der Waals surface area contributed by atoms with Crippen molar-refractivity contribution < 1.29 is 85.6 Å². The van der Waals surface area contributed by atoms with Crippen LogP contribution in [0.4, 0.5) is 10.5 Å². The number of nitro groups is 1. The number of unbranched alkanes of at least 4 members (excludes halogenated alkanes) is 1. The van der Waals surface area contributed by atoms with E-state index in [2.05, 4.69) is 0 Å². The molecule has 5 aromatic carbocycles. The second-order valence-corrected chi connectivity index (χ2v) is 22.2. The minimum atomic E-state index is -1.35. The van der Waals surface area contributed by atoms with Crippen LogP contribution in [-0.4, -0.2) is 129 Å². The van der Waals surface area contributed by atoms with Gasteiger partial charge in [0, 0.05) is 29.9 Å². The molecule has 6 heterocycles. The van der Waals surface area contributed by atoms with E-state index in [0.717, 1.165) is 27.8 Å². The molecule has 11 rings (SSSR count). The predicted molar refractivity (Wildman–Crippen MR) is 288 cm³/mol. The van der Waals surface area contributed by atoms with Crippen LogP contribution in [0.1, 0.15) is 80.9 Å². The second-order valence-electron chi connectivity index (χ2n) is 22.2. The van der Waals surface area contributed by atoms with Crippen molar-refractivity contribution >= 4 is 17.8 Å². The van der Waals surface area contributed by atoms with E-state index < -0.39 is 127 Å². The van der Waals surface area contributed by atoms with Crippen LogP contribution in [0.25, 0.3) is 0 Å². The van der Waals surface area contributed by atoms with E-state index in [1.165, 1.54) is 12.1 Å². The molecule has 5 aromatic rings. The van der Waals surface area contributed by atoms with Gasteiger partial charge in [0.05, 0.1) is 42.9 Å². The summed E-state index contributed by atoms with van der Waals surface area (Å²) in [5.41, 5.74) is 3.35. The predicted octanol–water partition coefficient (Wildman–Crippen LogP) is 9.16. The van der Waals surface area contributed by atoms with Gasteiger partial charge >= 0.3 is 12.1 Å². The third-order valence-corrected chi connectivity index (χ3v) is 15.2.